The highest BCUT2D eigenvalue weighted by molar-refractivity contribution is 7.98. The van der Waals surface area contributed by atoms with Crippen molar-refractivity contribution in [2.24, 2.45) is 0 Å². The molecule has 0 saturated heterocycles. The standard InChI is InChI=1S/C19H22N2O3S/c1-24-19(23)17(10-11-25-2)21-18(22)16-12-14(20)8-9-15(16)13-6-4-3-5-7-13/h3-9,12,17H,10-11,20H2,1-2H3,(H,21,22)/t17-/m0/s1. The van der Waals surface area contributed by atoms with Gasteiger partial charge < -0.3 is 15.8 Å². The zero-order valence-corrected chi connectivity index (χ0v) is 15.1. The Morgan fingerprint density at radius 1 is 1.20 bits per heavy atom. The van der Waals surface area contributed by atoms with Crippen molar-refractivity contribution < 1.29 is 14.3 Å². The second-order valence-electron chi connectivity index (χ2n) is 5.50. The number of carbonyl (C=O) groups excluding carboxylic acids is 2. The summed E-state index contributed by atoms with van der Waals surface area (Å²) in [6.45, 7) is 0. The lowest BCUT2D eigenvalue weighted by atomic mass is 9.98. The average molecular weight is 358 g/mol. The summed E-state index contributed by atoms with van der Waals surface area (Å²) in [5.41, 5.74) is 8.46. The fourth-order valence-corrected chi connectivity index (χ4v) is 2.95. The van der Waals surface area contributed by atoms with Gasteiger partial charge in [-0.2, -0.15) is 11.8 Å². The van der Waals surface area contributed by atoms with Crippen LogP contribution in [0.2, 0.25) is 0 Å². The van der Waals surface area contributed by atoms with E-state index in [1.165, 1.54) is 7.11 Å². The summed E-state index contributed by atoms with van der Waals surface area (Å²) >= 11 is 1.60. The van der Waals surface area contributed by atoms with Gasteiger partial charge in [-0.3, -0.25) is 4.79 Å². The van der Waals surface area contributed by atoms with Gasteiger partial charge in [0, 0.05) is 11.3 Å². The minimum absolute atomic E-state index is 0.345. The summed E-state index contributed by atoms with van der Waals surface area (Å²) in [5, 5.41) is 2.77. The van der Waals surface area contributed by atoms with Crippen LogP contribution in [0, 0.1) is 0 Å². The number of methoxy groups -OCH3 is 1. The molecule has 132 valence electrons. The Bertz CT molecular complexity index is 735. The Balaban J connectivity index is 2.31. The number of benzene rings is 2. The fourth-order valence-electron chi connectivity index (χ4n) is 2.48. The average Bonchev–Trinajstić information content (AvgIpc) is 2.64. The van der Waals surface area contributed by atoms with Gasteiger partial charge in [0.05, 0.1) is 7.11 Å². The molecule has 0 unspecified atom stereocenters. The van der Waals surface area contributed by atoms with Crippen LogP contribution in [0.4, 0.5) is 5.69 Å². The fraction of sp³-hybridized carbons (Fsp3) is 0.263. The van der Waals surface area contributed by atoms with Crippen molar-refractivity contribution in [3.05, 3.63) is 54.1 Å². The summed E-state index contributed by atoms with van der Waals surface area (Å²) in [6.07, 6.45) is 2.45. The summed E-state index contributed by atoms with van der Waals surface area (Å²) in [6, 6.07) is 14.1. The molecule has 3 N–H and O–H groups in total. The number of hydrogen-bond donors (Lipinski definition) is 2. The van der Waals surface area contributed by atoms with Crippen LogP contribution in [0.5, 0.6) is 0 Å². The monoisotopic (exact) mass is 358 g/mol. The van der Waals surface area contributed by atoms with Crippen LogP contribution in [0.25, 0.3) is 11.1 Å². The molecular formula is C19H22N2O3S. The number of hydrogen-bond acceptors (Lipinski definition) is 5. The lowest BCUT2D eigenvalue weighted by molar-refractivity contribution is -0.142. The number of nitrogens with one attached hydrogen (secondary N) is 1. The van der Waals surface area contributed by atoms with E-state index in [1.807, 2.05) is 42.7 Å². The molecule has 6 heteroatoms. The zero-order valence-electron chi connectivity index (χ0n) is 14.3. The Morgan fingerprint density at radius 3 is 2.56 bits per heavy atom. The number of carbonyl (C=O) groups is 2. The van der Waals surface area contributed by atoms with Crippen LogP contribution in [0.1, 0.15) is 16.8 Å². The molecular weight excluding hydrogens is 336 g/mol. The summed E-state index contributed by atoms with van der Waals surface area (Å²) < 4.78 is 4.80. The van der Waals surface area contributed by atoms with Gasteiger partial charge in [0.15, 0.2) is 0 Å². The van der Waals surface area contributed by atoms with E-state index in [-0.39, 0.29) is 5.91 Å². The van der Waals surface area contributed by atoms with Crippen molar-refractivity contribution in [3.8, 4) is 11.1 Å². The molecule has 0 aliphatic rings. The van der Waals surface area contributed by atoms with Gasteiger partial charge in [-0.25, -0.2) is 4.79 Å². The van der Waals surface area contributed by atoms with Crippen LogP contribution in [-0.4, -0.2) is 37.0 Å². The maximum absolute atomic E-state index is 12.8. The van der Waals surface area contributed by atoms with Crippen LogP contribution >= 0.6 is 11.8 Å². The molecule has 2 aromatic carbocycles. The molecule has 0 aromatic heterocycles. The lowest BCUT2D eigenvalue weighted by Gasteiger charge is -2.18. The van der Waals surface area contributed by atoms with Gasteiger partial charge >= 0.3 is 5.97 Å². The van der Waals surface area contributed by atoms with Crippen LogP contribution < -0.4 is 11.1 Å². The number of nitrogen functional groups attached to an aromatic ring is 1. The first-order chi connectivity index (χ1) is 12.1. The number of esters is 1. The number of ether oxygens (including phenoxy) is 1. The molecule has 25 heavy (non-hydrogen) atoms. The van der Waals surface area contributed by atoms with Crippen LogP contribution in [-0.2, 0) is 9.53 Å². The van der Waals surface area contributed by atoms with Crippen molar-refractivity contribution in [2.75, 3.05) is 24.9 Å². The molecule has 0 radical (unpaired) electrons. The Kier molecular flexibility index (Phi) is 6.89. The predicted molar refractivity (Wildman–Crippen MR) is 103 cm³/mol. The minimum atomic E-state index is -0.685. The minimum Gasteiger partial charge on any atom is -0.467 e. The quantitative estimate of drug-likeness (QED) is 0.587. The van der Waals surface area contributed by atoms with E-state index in [9.17, 15) is 9.59 Å². The molecule has 0 aliphatic heterocycles. The van der Waals surface area contributed by atoms with Crippen molar-refractivity contribution in [3.63, 3.8) is 0 Å². The number of rotatable bonds is 7. The molecule has 2 rings (SSSR count). The largest absolute Gasteiger partial charge is 0.467 e. The predicted octanol–water partition coefficient (Wildman–Crippen LogP) is 2.96. The molecule has 2 aromatic rings. The molecule has 0 aliphatic carbocycles. The van der Waals surface area contributed by atoms with Crippen LogP contribution in [0.3, 0.4) is 0 Å². The van der Waals surface area contributed by atoms with Gasteiger partial charge in [0.2, 0.25) is 0 Å². The Labute approximate surface area is 151 Å². The molecule has 0 bridgehead atoms. The van der Waals surface area contributed by atoms with Crippen molar-refractivity contribution in [1.82, 2.24) is 5.32 Å². The molecule has 5 nitrogen and oxygen atoms in total. The van der Waals surface area contributed by atoms with E-state index < -0.39 is 12.0 Å². The SMILES string of the molecule is COC(=O)[C@H](CCSC)NC(=O)c1cc(N)ccc1-c1ccccc1. The summed E-state index contributed by atoms with van der Waals surface area (Å²) in [7, 11) is 1.32. The highest BCUT2D eigenvalue weighted by atomic mass is 32.2. The Morgan fingerprint density at radius 2 is 1.92 bits per heavy atom. The van der Waals surface area contributed by atoms with E-state index in [0.717, 1.165) is 16.9 Å². The number of thioether (sulfide) groups is 1. The topological polar surface area (TPSA) is 81.4 Å². The molecule has 1 atom stereocenters. The number of nitrogens with two attached hydrogens (primary N) is 1. The molecule has 0 heterocycles. The van der Waals surface area contributed by atoms with Gasteiger partial charge in [0.25, 0.3) is 5.91 Å². The normalized spacial score (nSPS) is 11.6. The Hall–Kier alpha value is -2.47. The first kappa shape index (κ1) is 18.9. The molecule has 1 amide bonds. The molecule has 0 saturated carbocycles. The molecule has 0 spiro atoms. The second kappa shape index (κ2) is 9.13. The van der Waals surface area contributed by atoms with Crippen molar-refractivity contribution >= 4 is 29.3 Å². The van der Waals surface area contributed by atoms with E-state index in [4.69, 9.17) is 10.5 Å². The third kappa shape index (κ3) is 5.00. The lowest BCUT2D eigenvalue weighted by Crippen LogP contribution is -2.42. The highest BCUT2D eigenvalue weighted by Crippen LogP contribution is 2.25. The van der Waals surface area contributed by atoms with Gasteiger partial charge in [0.1, 0.15) is 6.04 Å². The van der Waals surface area contributed by atoms with Gasteiger partial charge in [-0.15, -0.1) is 0 Å². The summed E-state index contributed by atoms with van der Waals surface area (Å²) in [5.74, 6) is -0.0575. The zero-order chi connectivity index (χ0) is 18.2. The van der Waals surface area contributed by atoms with Crippen molar-refractivity contribution in [2.45, 2.75) is 12.5 Å². The third-order valence-electron chi connectivity index (χ3n) is 3.77. The second-order valence-corrected chi connectivity index (χ2v) is 6.49. The molecule has 0 fully saturated rings. The van der Waals surface area contributed by atoms with E-state index in [0.29, 0.717) is 17.7 Å². The van der Waals surface area contributed by atoms with Gasteiger partial charge in [-0.05, 0) is 41.7 Å². The third-order valence-corrected chi connectivity index (χ3v) is 4.42. The van der Waals surface area contributed by atoms with E-state index in [2.05, 4.69) is 5.32 Å². The van der Waals surface area contributed by atoms with E-state index in [1.54, 1.807) is 23.9 Å². The highest BCUT2D eigenvalue weighted by Gasteiger charge is 2.23. The smallest absolute Gasteiger partial charge is 0.328 e. The first-order valence-corrected chi connectivity index (χ1v) is 9.28. The van der Waals surface area contributed by atoms with Crippen molar-refractivity contribution in [1.29, 1.82) is 0 Å². The number of anilines is 1. The number of amides is 1. The maximum Gasteiger partial charge on any atom is 0.328 e. The van der Waals surface area contributed by atoms with Crippen LogP contribution in [0.15, 0.2) is 48.5 Å². The maximum atomic E-state index is 12.8. The first-order valence-electron chi connectivity index (χ1n) is 7.89. The summed E-state index contributed by atoms with van der Waals surface area (Å²) in [4.78, 5) is 24.7. The van der Waals surface area contributed by atoms with Gasteiger partial charge in [-0.1, -0.05) is 36.4 Å². The van der Waals surface area contributed by atoms with E-state index >= 15 is 0 Å².